The summed E-state index contributed by atoms with van der Waals surface area (Å²) in [7, 11) is -3.60. The van der Waals surface area contributed by atoms with Gasteiger partial charge in [0.1, 0.15) is 17.3 Å². The Morgan fingerprint density at radius 3 is 2.69 bits per heavy atom. The molecule has 1 aromatic carbocycles. The van der Waals surface area contributed by atoms with Crippen molar-refractivity contribution in [1.29, 1.82) is 0 Å². The molecule has 2 aliphatic heterocycles. The SMILES string of the molecule is Cc1ccnc2c1NC(=O)c1cc(CCOc3cccc4c3CS(=O)(=O)N4Cc3cc[n+]([O-])cc3)cnc1N2C1CC1. The first kappa shape index (κ1) is 26.2. The van der Waals surface area contributed by atoms with E-state index in [-0.39, 0.29) is 30.9 Å². The Hall–Kier alpha value is -4.71. The Bertz CT molecular complexity index is 1820. The second kappa shape index (κ2) is 9.98. The molecule has 11 nitrogen and oxygen atoms in total. The van der Waals surface area contributed by atoms with Gasteiger partial charge in [0, 0.05) is 42.6 Å². The smallest absolute Gasteiger partial charge is 0.259 e. The maximum Gasteiger partial charge on any atom is 0.259 e. The summed E-state index contributed by atoms with van der Waals surface area (Å²) >= 11 is 0. The Kier molecular flexibility index (Phi) is 6.23. The number of aryl methyl sites for hydroxylation is 1. The van der Waals surface area contributed by atoms with Crippen LogP contribution in [-0.4, -0.2) is 36.9 Å². The third kappa shape index (κ3) is 4.67. The Labute approximate surface area is 243 Å². The molecule has 4 aromatic rings. The summed E-state index contributed by atoms with van der Waals surface area (Å²) in [5.41, 5.74) is 4.85. The third-order valence-corrected chi connectivity index (χ3v) is 9.45. The lowest BCUT2D eigenvalue weighted by molar-refractivity contribution is -0.605. The number of pyridine rings is 3. The molecule has 3 aliphatic rings. The van der Waals surface area contributed by atoms with Crippen LogP contribution < -0.4 is 24.0 Å². The predicted molar refractivity (Wildman–Crippen MR) is 156 cm³/mol. The van der Waals surface area contributed by atoms with Gasteiger partial charge in [0.2, 0.25) is 10.0 Å². The van der Waals surface area contributed by atoms with Gasteiger partial charge in [-0.3, -0.25) is 9.10 Å². The van der Waals surface area contributed by atoms with Gasteiger partial charge >= 0.3 is 0 Å². The minimum atomic E-state index is -3.60. The van der Waals surface area contributed by atoms with E-state index in [0.29, 0.717) is 50.8 Å². The number of anilines is 4. The van der Waals surface area contributed by atoms with E-state index in [9.17, 15) is 18.4 Å². The summed E-state index contributed by atoms with van der Waals surface area (Å²) in [5, 5.41) is 14.4. The highest BCUT2D eigenvalue weighted by atomic mass is 32.2. The minimum Gasteiger partial charge on any atom is -0.619 e. The molecule has 0 spiro atoms. The fourth-order valence-electron chi connectivity index (χ4n) is 5.49. The molecule has 7 rings (SSSR count). The van der Waals surface area contributed by atoms with Crippen LogP contribution in [0.4, 0.5) is 23.0 Å². The molecule has 12 heteroatoms. The molecular weight excluding hydrogens is 556 g/mol. The summed E-state index contributed by atoms with van der Waals surface area (Å²) in [6.45, 7) is 2.35. The molecule has 3 aromatic heterocycles. The van der Waals surface area contributed by atoms with E-state index in [1.807, 2.05) is 19.1 Å². The minimum absolute atomic E-state index is 0.124. The van der Waals surface area contributed by atoms with Gasteiger partial charge in [-0.25, -0.2) is 18.4 Å². The van der Waals surface area contributed by atoms with Crippen molar-refractivity contribution in [3.63, 3.8) is 0 Å². The molecule has 0 bridgehead atoms. The van der Waals surface area contributed by atoms with Gasteiger partial charge in [0.05, 0.1) is 30.1 Å². The fourth-order valence-corrected chi connectivity index (χ4v) is 7.12. The summed E-state index contributed by atoms with van der Waals surface area (Å²) < 4.78 is 34.3. The molecule has 0 radical (unpaired) electrons. The van der Waals surface area contributed by atoms with E-state index in [1.165, 1.54) is 16.7 Å². The molecule has 214 valence electrons. The summed E-state index contributed by atoms with van der Waals surface area (Å²) in [4.78, 5) is 24.7. The average molecular weight is 585 g/mol. The number of benzene rings is 1. The lowest BCUT2D eigenvalue weighted by Crippen LogP contribution is -2.28. The normalized spacial score (nSPS) is 16.7. The number of carbonyl (C=O) groups is 1. The molecule has 0 unspecified atom stereocenters. The molecule has 1 amide bonds. The highest BCUT2D eigenvalue weighted by Crippen LogP contribution is 2.44. The van der Waals surface area contributed by atoms with Crippen molar-refractivity contribution in [2.24, 2.45) is 0 Å². The Morgan fingerprint density at radius 1 is 1.10 bits per heavy atom. The number of rotatable bonds is 7. The van der Waals surface area contributed by atoms with Crippen LogP contribution in [0.5, 0.6) is 5.75 Å². The number of hydrogen-bond donors (Lipinski definition) is 1. The monoisotopic (exact) mass is 584 g/mol. The van der Waals surface area contributed by atoms with Crippen LogP contribution in [0.1, 0.15) is 45.5 Å². The fraction of sp³-hybridized carbons (Fsp3) is 0.267. The first-order valence-electron chi connectivity index (χ1n) is 13.8. The van der Waals surface area contributed by atoms with Crippen molar-refractivity contribution in [1.82, 2.24) is 9.97 Å². The van der Waals surface area contributed by atoms with E-state index in [2.05, 4.69) is 15.2 Å². The first-order chi connectivity index (χ1) is 20.3. The molecule has 0 saturated heterocycles. The zero-order chi connectivity index (χ0) is 29.0. The zero-order valence-corrected chi connectivity index (χ0v) is 23.7. The van der Waals surface area contributed by atoms with Gasteiger partial charge in [-0.1, -0.05) is 6.07 Å². The molecule has 1 saturated carbocycles. The van der Waals surface area contributed by atoms with Crippen LogP contribution in [0.2, 0.25) is 0 Å². The van der Waals surface area contributed by atoms with E-state index >= 15 is 0 Å². The van der Waals surface area contributed by atoms with E-state index in [0.717, 1.165) is 29.8 Å². The second-order valence-corrected chi connectivity index (χ2v) is 12.7. The van der Waals surface area contributed by atoms with Gasteiger partial charge in [-0.2, -0.15) is 4.73 Å². The third-order valence-electron chi connectivity index (χ3n) is 7.80. The van der Waals surface area contributed by atoms with Gasteiger partial charge < -0.3 is 20.2 Å². The molecule has 1 fully saturated rings. The van der Waals surface area contributed by atoms with E-state index in [1.54, 1.807) is 42.7 Å². The summed E-state index contributed by atoms with van der Waals surface area (Å²) in [6.07, 6.45) is 8.71. The topological polar surface area (TPSA) is 132 Å². The number of carbonyl (C=O) groups excluding carboxylic acids is 1. The largest absolute Gasteiger partial charge is 0.619 e. The molecule has 42 heavy (non-hydrogen) atoms. The number of nitrogens with one attached hydrogen (secondary N) is 1. The number of sulfonamides is 1. The van der Waals surface area contributed by atoms with Crippen molar-refractivity contribution in [3.8, 4) is 5.75 Å². The summed E-state index contributed by atoms with van der Waals surface area (Å²) in [5.74, 6) is 1.43. The van der Waals surface area contributed by atoms with Crippen LogP contribution >= 0.6 is 0 Å². The zero-order valence-electron chi connectivity index (χ0n) is 22.9. The van der Waals surface area contributed by atoms with Crippen LogP contribution in [0.25, 0.3) is 0 Å². The number of amides is 1. The maximum absolute atomic E-state index is 13.3. The average Bonchev–Trinajstić information content (AvgIpc) is 3.78. The molecule has 1 aliphatic carbocycles. The Morgan fingerprint density at radius 2 is 1.90 bits per heavy atom. The van der Waals surface area contributed by atoms with Crippen LogP contribution in [0, 0.1) is 12.1 Å². The second-order valence-electron chi connectivity index (χ2n) is 10.8. The highest BCUT2D eigenvalue weighted by Gasteiger charge is 2.38. The van der Waals surface area contributed by atoms with Crippen molar-refractivity contribution in [2.75, 3.05) is 21.1 Å². The standard InChI is InChI=1S/C30H28N6O5S/c1-19-7-11-31-29-27(19)33-30(37)23-15-21(16-32-28(23)36(29)22-5-6-22)10-14-41-26-4-2-3-25-24(26)18-42(39,40)35(25)17-20-8-12-34(38)13-9-20/h2-4,7-9,11-13,15-16,22H,5-6,10,14,17-18H2,1H3,(H,33,37). The van der Waals surface area contributed by atoms with Crippen molar-refractivity contribution < 1.29 is 22.7 Å². The number of aromatic nitrogens is 3. The van der Waals surface area contributed by atoms with Crippen molar-refractivity contribution in [2.45, 2.75) is 44.5 Å². The van der Waals surface area contributed by atoms with Crippen molar-refractivity contribution >= 4 is 38.9 Å². The molecule has 1 N–H and O–H groups in total. The number of nitrogens with zero attached hydrogens (tertiary/aromatic N) is 5. The number of hydrogen-bond acceptors (Lipinski definition) is 8. The Balaban J connectivity index is 1.10. The van der Waals surface area contributed by atoms with Crippen LogP contribution in [-0.2, 0) is 28.7 Å². The number of ether oxygens (including phenoxy) is 1. The van der Waals surface area contributed by atoms with Gasteiger partial charge in [0.15, 0.2) is 18.2 Å². The lowest BCUT2D eigenvalue weighted by Gasteiger charge is -2.24. The van der Waals surface area contributed by atoms with Crippen molar-refractivity contribution in [3.05, 3.63) is 100 Å². The van der Waals surface area contributed by atoms with E-state index < -0.39 is 10.0 Å². The van der Waals surface area contributed by atoms with Crippen LogP contribution in [0.3, 0.4) is 0 Å². The lowest BCUT2D eigenvalue weighted by atomic mass is 10.1. The quantitative estimate of drug-likeness (QED) is 0.257. The summed E-state index contributed by atoms with van der Waals surface area (Å²) in [6, 6.07) is 12.5. The van der Waals surface area contributed by atoms with Gasteiger partial charge in [-0.15, -0.1) is 0 Å². The molecule has 0 atom stereocenters. The molecular formula is C30H28N6O5S. The maximum atomic E-state index is 13.3. The predicted octanol–water partition coefficient (Wildman–Crippen LogP) is 3.76. The first-order valence-corrected chi connectivity index (χ1v) is 15.4. The van der Waals surface area contributed by atoms with Gasteiger partial charge in [-0.05, 0) is 60.7 Å². The van der Waals surface area contributed by atoms with Crippen LogP contribution in [0.15, 0.2) is 67.3 Å². The van der Waals surface area contributed by atoms with Gasteiger partial charge in [0.25, 0.3) is 5.91 Å². The highest BCUT2D eigenvalue weighted by molar-refractivity contribution is 7.92. The van der Waals surface area contributed by atoms with E-state index in [4.69, 9.17) is 9.72 Å². The number of fused-ring (bicyclic) bond motifs is 3. The molecule has 5 heterocycles.